The Bertz CT molecular complexity index is 72.6. The van der Waals surface area contributed by atoms with Crippen molar-refractivity contribution in [2.24, 2.45) is 0 Å². The minimum absolute atomic E-state index is 0.723. The highest BCUT2D eigenvalue weighted by Crippen LogP contribution is 2.02. The number of unbranched alkanes of at least 4 members (excludes halogenated alkanes) is 1. The topological polar surface area (TPSA) is 0 Å². The van der Waals surface area contributed by atoms with Crippen LogP contribution >= 0.6 is 23.2 Å². The van der Waals surface area contributed by atoms with Crippen molar-refractivity contribution >= 4 is 23.2 Å². The summed E-state index contributed by atoms with van der Waals surface area (Å²) in [5, 5.41) is 0.857. The van der Waals surface area contributed by atoms with Gasteiger partial charge in [-0.2, -0.15) is 0 Å². The van der Waals surface area contributed by atoms with Crippen LogP contribution in [0, 0.1) is 0 Å². The van der Waals surface area contributed by atoms with Crippen LogP contribution in [0.4, 0.5) is 0 Å². The number of alkyl halides is 1. The van der Waals surface area contributed by atoms with E-state index in [1.807, 2.05) is 13.0 Å². The quantitative estimate of drug-likeness (QED) is 0.431. The normalized spacial score (nSPS) is 12.1. The van der Waals surface area contributed by atoms with E-state index in [1.54, 1.807) is 0 Å². The maximum absolute atomic E-state index is 5.53. The second kappa shape index (κ2) is 5.46. The monoisotopic (exact) mass is 152 g/mol. The highest BCUT2D eigenvalue weighted by molar-refractivity contribution is 6.29. The smallest absolute Gasteiger partial charge is 0.0226 e. The fraction of sp³-hybridized carbons (Fsp3) is 0.667. The van der Waals surface area contributed by atoms with Crippen molar-refractivity contribution in [1.82, 2.24) is 0 Å². The summed E-state index contributed by atoms with van der Waals surface area (Å²) in [7, 11) is 0. The van der Waals surface area contributed by atoms with Crippen LogP contribution in [0.1, 0.15) is 19.8 Å². The minimum Gasteiger partial charge on any atom is -0.127 e. The van der Waals surface area contributed by atoms with E-state index in [2.05, 4.69) is 0 Å². The molecule has 0 saturated carbocycles. The van der Waals surface area contributed by atoms with Gasteiger partial charge in [0.15, 0.2) is 0 Å². The molecular formula is C6H10Cl2. The molecule has 0 aliphatic rings. The second-order valence-electron chi connectivity index (χ2n) is 1.62. The van der Waals surface area contributed by atoms with Crippen molar-refractivity contribution in [2.45, 2.75) is 19.8 Å². The molecule has 0 spiro atoms. The van der Waals surface area contributed by atoms with Gasteiger partial charge in [0.25, 0.3) is 0 Å². The van der Waals surface area contributed by atoms with Gasteiger partial charge < -0.3 is 0 Å². The standard InChI is InChI=1S/C6H10Cl2/c1-6(8)4-2-3-5-7/h4H,2-3,5H2,1H3/b6-4-. The second-order valence-corrected chi connectivity index (χ2v) is 2.60. The maximum Gasteiger partial charge on any atom is 0.0226 e. The predicted octanol–water partition coefficient (Wildman–Crippen LogP) is 3.15. The zero-order chi connectivity index (χ0) is 6.41. The molecule has 0 atom stereocenters. The average molecular weight is 153 g/mol. The van der Waals surface area contributed by atoms with Crippen molar-refractivity contribution in [3.63, 3.8) is 0 Å². The Hall–Kier alpha value is 0.320. The summed E-state index contributed by atoms with van der Waals surface area (Å²) in [6, 6.07) is 0. The van der Waals surface area contributed by atoms with Crippen LogP contribution in [-0.2, 0) is 0 Å². The SMILES string of the molecule is C/C(Cl)=C/CCCCl. The lowest BCUT2D eigenvalue weighted by molar-refractivity contribution is 0.963. The van der Waals surface area contributed by atoms with Gasteiger partial charge in [-0.15, -0.1) is 11.6 Å². The van der Waals surface area contributed by atoms with Crippen LogP contribution in [0.3, 0.4) is 0 Å². The van der Waals surface area contributed by atoms with Crippen LogP contribution in [0.15, 0.2) is 11.1 Å². The summed E-state index contributed by atoms with van der Waals surface area (Å²) in [6.07, 6.45) is 3.99. The van der Waals surface area contributed by atoms with Gasteiger partial charge in [0, 0.05) is 10.9 Å². The molecule has 2 heteroatoms. The first-order valence-electron chi connectivity index (χ1n) is 2.65. The van der Waals surface area contributed by atoms with Crippen LogP contribution in [0.25, 0.3) is 0 Å². The predicted molar refractivity (Wildman–Crippen MR) is 39.6 cm³/mol. The molecule has 0 aliphatic heterocycles. The third-order valence-corrected chi connectivity index (χ3v) is 1.18. The maximum atomic E-state index is 5.53. The van der Waals surface area contributed by atoms with Gasteiger partial charge in [-0.3, -0.25) is 0 Å². The summed E-state index contributed by atoms with van der Waals surface area (Å²) in [4.78, 5) is 0. The number of hydrogen-bond acceptors (Lipinski definition) is 0. The fourth-order valence-electron chi connectivity index (χ4n) is 0.378. The van der Waals surface area contributed by atoms with Crippen molar-refractivity contribution in [3.05, 3.63) is 11.1 Å². The molecule has 0 aromatic rings. The summed E-state index contributed by atoms with van der Waals surface area (Å²) in [5.74, 6) is 0.723. The Labute approximate surface area is 60.5 Å². The molecule has 0 bridgehead atoms. The lowest BCUT2D eigenvalue weighted by Gasteiger charge is -1.86. The summed E-state index contributed by atoms with van der Waals surface area (Å²) < 4.78 is 0. The molecule has 0 rings (SSSR count). The van der Waals surface area contributed by atoms with Gasteiger partial charge in [0.05, 0.1) is 0 Å². The molecule has 0 aliphatic carbocycles. The Morgan fingerprint density at radius 3 is 2.62 bits per heavy atom. The highest BCUT2D eigenvalue weighted by Gasteiger charge is 1.80. The largest absolute Gasteiger partial charge is 0.127 e. The van der Waals surface area contributed by atoms with Crippen LogP contribution in [-0.4, -0.2) is 5.88 Å². The number of hydrogen-bond donors (Lipinski definition) is 0. The van der Waals surface area contributed by atoms with Crippen molar-refractivity contribution in [2.75, 3.05) is 5.88 Å². The van der Waals surface area contributed by atoms with Gasteiger partial charge in [-0.25, -0.2) is 0 Å². The molecule has 0 radical (unpaired) electrons. The van der Waals surface area contributed by atoms with Gasteiger partial charge in [-0.05, 0) is 19.8 Å². The number of halogens is 2. The van der Waals surface area contributed by atoms with Crippen LogP contribution < -0.4 is 0 Å². The van der Waals surface area contributed by atoms with Gasteiger partial charge in [0.2, 0.25) is 0 Å². The van der Waals surface area contributed by atoms with E-state index in [4.69, 9.17) is 23.2 Å². The van der Waals surface area contributed by atoms with E-state index in [0.717, 1.165) is 23.8 Å². The molecule has 0 saturated heterocycles. The highest BCUT2D eigenvalue weighted by atomic mass is 35.5. The molecule has 0 fully saturated rings. The van der Waals surface area contributed by atoms with E-state index in [1.165, 1.54) is 0 Å². The fourth-order valence-corrected chi connectivity index (χ4v) is 0.642. The summed E-state index contributed by atoms with van der Waals surface area (Å²) in [6.45, 7) is 1.87. The van der Waals surface area contributed by atoms with Gasteiger partial charge >= 0.3 is 0 Å². The number of rotatable bonds is 3. The van der Waals surface area contributed by atoms with Crippen molar-refractivity contribution < 1.29 is 0 Å². The van der Waals surface area contributed by atoms with Crippen molar-refractivity contribution in [1.29, 1.82) is 0 Å². The van der Waals surface area contributed by atoms with E-state index < -0.39 is 0 Å². The third kappa shape index (κ3) is 6.32. The first kappa shape index (κ1) is 8.32. The molecule has 0 aromatic heterocycles. The average Bonchev–Trinajstić information content (AvgIpc) is 1.66. The lowest BCUT2D eigenvalue weighted by atomic mass is 10.3. The first-order chi connectivity index (χ1) is 3.77. The van der Waals surface area contributed by atoms with Crippen LogP contribution in [0.5, 0.6) is 0 Å². The molecule has 0 heterocycles. The molecule has 0 unspecified atom stereocenters. The molecule has 48 valence electrons. The van der Waals surface area contributed by atoms with E-state index in [-0.39, 0.29) is 0 Å². The van der Waals surface area contributed by atoms with E-state index in [9.17, 15) is 0 Å². The van der Waals surface area contributed by atoms with Gasteiger partial charge in [0.1, 0.15) is 0 Å². The first-order valence-corrected chi connectivity index (χ1v) is 3.57. The summed E-state index contributed by atoms with van der Waals surface area (Å²) in [5.41, 5.74) is 0. The summed E-state index contributed by atoms with van der Waals surface area (Å²) >= 11 is 10.9. The van der Waals surface area contributed by atoms with Gasteiger partial charge in [-0.1, -0.05) is 17.7 Å². The molecule has 0 aromatic carbocycles. The Morgan fingerprint density at radius 1 is 1.62 bits per heavy atom. The molecule has 0 N–H and O–H groups in total. The zero-order valence-corrected chi connectivity index (χ0v) is 6.47. The number of allylic oxidation sites excluding steroid dienone is 2. The molecule has 0 nitrogen and oxygen atoms in total. The molecule has 0 amide bonds. The Balaban J connectivity index is 3.03. The zero-order valence-electron chi connectivity index (χ0n) is 4.95. The van der Waals surface area contributed by atoms with Crippen molar-refractivity contribution in [3.8, 4) is 0 Å². The Kier molecular flexibility index (Phi) is 5.67. The minimum atomic E-state index is 0.723. The lowest BCUT2D eigenvalue weighted by Crippen LogP contribution is -1.70. The Morgan fingerprint density at radius 2 is 2.25 bits per heavy atom. The molecular weight excluding hydrogens is 143 g/mol. The third-order valence-electron chi connectivity index (χ3n) is 0.763. The van der Waals surface area contributed by atoms with E-state index >= 15 is 0 Å². The van der Waals surface area contributed by atoms with E-state index in [0.29, 0.717) is 0 Å². The molecule has 8 heavy (non-hydrogen) atoms. The van der Waals surface area contributed by atoms with Crippen LogP contribution in [0.2, 0.25) is 0 Å².